The molecule has 0 saturated carbocycles. The zero-order valence-electron chi connectivity index (χ0n) is 22.8. The number of fused-ring (bicyclic) bond motifs is 1. The molecule has 0 aliphatic carbocycles. The van der Waals surface area contributed by atoms with Crippen LogP contribution in [0.4, 0.5) is 24.7 Å². The zero-order valence-corrected chi connectivity index (χ0v) is 24.4. The molecule has 6 rings (SSSR count). The Morgan fingerprint density at radius 2 is 1.78 bits per heavy atom. The van der Waals surface area contributed by atoms with Crippen molar-refractivity contribution in [2.24, 2.45) is 0 Å². The minimum atomic E-state index is -4.23. The van der Waals surface area contributed by atoms with Gasteiger partial charge in [0.25, 0.3) is 10.0 Å². The number of aromatic nitrogens is 5. The first kappa shape index (κ1) is 29.7. The van der Waals surface area contributed by atoms with E-state index in [2.05, 4.69) is 24.8 Å². The lowest BCUT2D eigenvalue weighted by molar-refractivity contribution is 0.103. The third kappa shape index (κ3) is 5.65. The topological polar surface area (TPSA) is 158 Å². The van der Waals surface area contributed by atoms with Gasteiger partial charge in [0.05, 0.1) is 40.0 Å². The monoisotopic (exact) mass is 653 g/mol. The van der Waals surface area contributed by atoms with Gasteiger partial charge in [0.2, 0.25) is 17.4 Å². The lowest BCUT2D eigenvalue weighted by Crippen LogP contribution is -2.14. The number of aromatic amines is 1. The highest BCUT2D eigenvalue weighted by atomic mass is 35.5. The van der Waals surface area contributed by atoms with Crippen LogP contribution in [0.3, 0.4) is 0 Å². The van der Waals surface area contributed by atoms with E-state index in [1.807, 2.05) is 0 Å². The van der Waals surface area contributed by atoms with E-state index in [1.54, 1.807) is 6.92 Å². The highest BCUT2D eigenvalue weighted by Gasteiger charge is 2.23. The summed E-state index contributed by atoms with van der Waals surface area (Å²) in [5.74, 6) is -4.01. The first-order chi connectivity index (χ1) is 21.4. The van der Waals surface area contributed by atoms with Crippen LogP contribution in [0.25, 0.3) is 16.6 Å². The number of aryl methyl sites for hydroxylation is 1. The number of para-hydroxylation sites is 1. The third-order valence-electron chi connectivity index (χ3n) is 6.65. The minimum Gasteiger partial charge on any atom is -0.433 e. The zero-order chi connectivity index (χ0) is 32.0. The number of nitrogen functional groups attached to an aromatic ring is 1. The van der Waals surface area contributed by atoms with Crippen LogP contribution in [0.1, 0.15) is 21.6 Å². The molecule has 4 N–H and O–H groups in total. The van der Waals surface area contributed by atoms with Crippen LogP contribution in [0.5, 0.6) is 11.6 Å². The van der Waals surface area contributed by atoms with Gasteiger partial charge in [0.15, 0.2) is 11.6 Å². The van der Waals surface area contributed by atoms with Gasteiger partial charge in [-0.1, -0.05) is 17.7 Å². The number of nitrogens with one attached hydrogen (secondary N) is 2. The molecule has 0 radical (unpaired) electrons. The fourth-order valence-electron chi connectivity index (χ4n) is 4.45. The lowest BCUT2D eigenvalue weighted by Gasteiger charge is -2.11. The first-order valence-corrected chi connectivity index (χ1v) is 14.7. The van der Waals surface area contributed by atoms with Gasteiger partial charge in [-0.2, -0.15) is 5.10 Å². The lowest BCUT2D eigenvalue weighted by atomic mass is 10.1. The molecule has 0 aliphatic rings. The summed E-state index contributed by atoms with van der Waals surface area (Å²) in [5.41, 5.74) is 7.07. The Hall–Kier alpha value is -5.41. The van der Waals surface area contributed by atoms with Crippen molar-refractivity contribution in [3.8, 4) is 17.3 Å². The number of halogens is 4. The number of rotatable bonds is 8. The molecular formula is C29H19ClF3N7O4S. The quantitative estimate of drug-likeness (QED) is 0.171. The van der Waals surface area contributed by atoms with Gasteiger partial charge in [-0.05, 0) is 48.9 Å². The summed E-state index contributed by atoms with van der Waals surface area (Å²) in [7, 11) is -4.23. The Morgan fingerprint density at radius 1 is 1.02 bits per heavy atom. The molecule has 0 atom stereocenters. The molecule has 45 heavy (non-hydrogen) atoms. The predicted molar refractivity (Wildman–Crippen MR) is 159 cm³/mol. The highest BCUT2D eigenvalue weighted by molar-refractivity contribution is 7.92. The number of anilines is 2. The number of hydrogen-bond acceptors (Lipinski definition) is 8. The normalized spacial score (nSPS) is 11.6. The van der Waals surface area contributed by atoms with Crippen molar-refractivity contribution in [1.82, 2.24) is 24.7 Å². The van der Waals surface area contributed by atoms with Crippen LogP contribution >= 0.6 is 11.6 Å². The van der Waals surface area contributed by atoms with Crippen molar-refractivity contribution in [1.29, 1.82) is 0 Å². The van der Waals surface area contributed by atoms with E-state index in [0.717, 1.165) is 30.5 Å². The Bertz CT molecular complexity index is 2240. The average Bonchev–Trinajstić information content (AvgIpc) is 3.58. The number of nitrogens with zero attached hydrogens (tertiary/aromatic N) is 4. The largest absolute Gasteiger partial charge is 0.433 e. The molecule has 4 aromatic heterocycles. The maximum absolute atomic E-state index is 14.9. The van der Waals surface area contributed by atoms with Crippen LogP contribution in [0.2, 0.25) is 5.02 Å². The van der Waals surface area contributed by atoms with Crippen LogP contribution in [0, 0.1) is 24.4 Å². The van der Waals surface area contributed by atoms with Crippen molar-refractivity contribution < 1.29 is 31.1 Å². The van der Waals surface area contributed by atoms with Gasteiger partial charge in [-0.3, -0.25) is 14.5 Å². The number of carbonyl (C=O) groups excluding carboxylic acids is 1. The molecule has 16 heteroatoms. The SMILES string of the molecule is Cc1cc(Oc2c(F)cccc2F)ncc1-n1ncc(C(=O)c2cc3cc(F)c(NS(=O)(=O)c4cncc(Cl)c4)cc3[nH]2)c1N. The number of carbonyl (C=O) groups is 1. The molecular weight excluding hydrogens is 635 g/mol. The van der Waals surface area contributed by atoms with Crippen molar-refractivity contribution in [3.05, 3.63) is 113 Å². The van der Waals surface area contributed by atoms with Crippen molar-refractivity contribution in [3.63, 3.8) is 0 Å². The molecule has 0 unspecified atom stereocenters. The molecule has 11 nitrogen and oxygen atoms in total. The number of hydrogen-bond donors (Lipinski definition) is 3. The molecule has 0 aliphatic heterocycles. The fourth-order valence-corrected chi connectivity index (χ4v) is 5.74. The number of pyridine rings is 2. The molecule has 0 bridgehead atoms. The van der Waals surface area contributed by atoms with E-state index < -0.39 is 39.0 Å². The van der Waals surface area contributed by atoms with Gasteiger partial charge in [-0.15, -0.1) is 0 Å². The summed E-state index contributed by atoms with van der Waals surface area (Å²) >= 11 is 5.83. The van der Waals surface area contributed by atoms with E-state index in [-0.39, 0.29) is 49.5 Å². The fraction of sp³-hybridized carbons (Fsp3) is 0.0345. The summed E-state index contributed by atoms with van der Waals surface area (Å²) in [6.45, 7) is 1.66. The van der Waals surface area contributed by atoms with E-state index in [1.165, 1.54) is 47.5 Å². The summed E-state index contributed by atoms with van der Waals surface area (Å²) in [4.78, 5) is 23.8. The average molecular weight is 654 g/mol. The van der Waals surface area contributed by atoms with E-state index >= 15 is 0 Å². The van der Waals surface area contributed by atoms with Gasteiger partial charge >= 0.3 is 0 Å². The van der Waals surface area contributed by atoms with E-state index in [9.17, 15) is 26.4 Å². The highest BCUT2D eigenvalue weighted by Crippen LogP contribution is 2.30. The van der Waals surface area contributed by atoms with Gasteiger partial charge in [0.1, 0.15) is 16.5 Å². The van der Waals surface area contributed by atoms with Crippen molar-refractivity contribution in [2.75, 3.05) is 10.5 Å². The minimum absolute atomic E-state index is 0.00423. The molecule has 0 spiro atoms. The molecule has 228 valence electrons. The second-order valence-electron chi connectivity index (χ2n) is 9.69. The molecule has 0 fully saturated rings. The number of sulfonamides is 1. The Balaban J connectivity index is 1.26. The number of ketones is 1. The summed E-state index contributed by atoms with van der Waals surface area (Å²) < 4.78 is 77.1. The maximum atomic E-state index is 14.9. The Kier molecular flexibility index (Phi) is 7.42. The second kappa shape index (κ2) is 11.3. The van der Waals surface area contributed by atoms with Gasteiger partial charge in [0, 0.05) is 29.4 Å². The number of ether oxygens (including phenoxy) is 1. The molecule has 6 aromatic rings. The Morgan fingerprint density at radius 3 is 2.49 bits per heavy atom. The van der Waals surface area contributed by atoms with Crippen molar-refractivity contribution >= 4 is 49.8 Å². The van der Waals surface area contributed by atoms with Gasteiger partial charge < -0.3 is 15.5 Å². The molecule has 4 heterocycles. The third-order valence-corrected chi connectivity index (χ3v) is 8.19. The van der Waals surface area contributed by atoms with E-state index in [4.69, 9.17) is 22.1 Å². The first-order valence-electron chi connectivity index (χ1n) is 12.8. The molecule has 0 saturated heterocycles. The predicted octanol–water partition coefficient (Wildman–Crippen LogP) is 5.93. The number of benzene rings is 2. The van der Waals surface area contributed by atoms with Gasteiger partial charge in [-0.25, -0.2) is 31.3 Å². The summed E-state index contributed by atoms with van der Waals surface area (Å²) in [6, 6.07) is 9.54. The second-order valence-corrected chi connectivity index (χ2v) is 11.8. The van der Waals surface area contributed by atoms with Crippen LogP contribution in [0.15, 0.2) is 78.2 Å². The Labute approximate surface area is 257 Å². The molecule has 0 amide bonds. The number of nitrogens with two attached hydrogens (primary N) is 1. The summed E-state index contributed by atoms with van der Waals surface area (Å²) in [6.07, 6.45) is 4.87. The van der Waals surface area contributed by atoms with Crippen molar-refractivity contribution in [2.45, 2.75) is 11.8 Å². The molecule has 2 aromatic carbocycles. The smallest absolute Gasteiger partial charge is 0.263 e. The van der Waals surface area contributed by atoms with E-state index in [0.29, 0.717) is 11.3 Å². The maximum Gasteiger partial charge on any atom is 0.263 e. The standard InChI is InChI=1S/C29H19ClF3N7O4S/c1-14-5-26(44-28-19(31)3-2-4-20(28)32)36-13-25(14)40-29(34)18(12-37-40)27(41)24-7-15-6-21(33)23(9-22(15)38-24)39-45(42,43)17-8-16(30)10-35-11-17/h2-13,38-39H,34H2,1H3. The number of H-pyrrole nitrogens is 1. The van der Waals surface area contributed by atoms with Crippen LogP contribution in [-0.4, -0.2) is 38.9 Å². The summed E-state index contributed by atoms with van der Waals surface area (Å²) in [5, 5.41) is 4.57. The van der Waals surface area contributed by atoms with Crippen LogP contribution in [-0.2, 0) is 10.0 Å². The van der Waals surface area contributed by atoms with Crippen LogP contribution < -0.4 is 15.2 Å².